The van der Waals surface area contributed by atoms with Crippen LogP contribution in [-0.4, -0.2) is 55.8 Å². The molecule has 0 aliphatic heterocycles. The Morgan fingerprint density at radius 2 is 1.83 bits per heavy atom. The van der Waals surface area contributed by atoms with E-state index in [-0.39, 0.29) is 30.5 Å². The van der Waals surface area contributed by atoms with Crippen molar-refractivity contribution < 1.29 is 18.6 Å². The SMILES string of the molecule is NCCc1ccc(S(=O)(=O)N(CCO)CCO)s1. The number of nitrogens with two attached hydrogens (primary N) is 1. The Morgan fingerprint density at radius 1 is 1.22 bits per heavy atom. The molecular weight excluding hydrogens is 276 g/mol. The van der Waals surface area contributed by atoms with Gasteiger partial charge in [-0.3, -0.25) is 0 Å². The minimum atomic E-state index is -3.63. The Kier molecular flexibility index (Phi) is 6.19. The number of aliphatic hydroxyl groups excluding tert-OH is 2. The zero-order valence-corrected chi connectivity index (χ0v) is 11.6. The standard InChI is InChI=1S/C10H18N2O4S2/c11-4-3-9-1-2-10(17-9)18(15,16)12(5-7-13)6-8-14/h1-2,13-14H,3-8,11H2. The van der Waals surface area contributed by atoms with Gasteiger partial charge in [0.25, 0.3) is 10.0 Å². The second-order valence-corrected chi connectivity index (χ2v) is 6.94. The van der Waals surface area contributed by atoms with Crippen LogP contribution in [-0.2, 0) is 16.4 Å². The molecule has 0 saturated carbocycles. The summed E-state index contributed by atoms with van der Waals surface area (Å²) >= 11 is 1.17. The number of thiophene rings is 1. The summed E-state index contributed by atoms with van der Waals surface area (Å²) in [6.07, 6.45) is 0.639. The molecule has 0 saturated heterocycles. The van der Waals surface area contributed by atoms with Crippen molar-refractivity contribution in [1.29, 1.82) is 0 Å². The summed E-state index contributed by atoms with van der Waals surface area (Å²) in [4.78, 5) is 0.907. The van der Waals surface area contributed by atoms with Crippen molar-refractivity contribution in [2.75, 3.05) is 32.8 Å². The normalized spacial score (nSPS) is 12.2. The number of nitrogens with zero attached hydrogens (tertiary/aromatic N) is 1. The van der Waals surface area contributed by atoms with Gasteiger partial charge in [0, 0.05) is 18.0 Å². The molecule has 1 rings (SSSR count). The molecule has 0 aliphatic carbocycles. The average Bonchev–Trinajstić information content (AvgIpc) is 2.78. The topological polar surface area (TPSA) is 104 Å². The van der Waals surface area contributed by atoms with Gasteiger partial charge in [-0.1, -0.05) is 0 Å². The van der Waals surface area contributed by atoms with Crippen LogP contribution in [0.1, 0.15) is 4.88 Å². The van der Waals surface area contributed by atoms with Crippen LogP contribution in [0.25, 0.3) is 0 Å². The van der Waals surface area contributed by atoms with Gasteiger partial charge >= 0.3 is 0 Å². The van der Waals surface area contributed by atoms with Crippen molar-refractivity contribution in [2.24, 2.45) is 5.73 Å². The first-order valence-electron chi connectivity index (χ1n) is 5.57. The highest BCUT2D eigenvalue weighted by atomic mass is 32.2. The van der Waals surface area contributed by atoms with E-state index in [1.165, 1.54) is 17.4 Å². The zero-order chi connectivity index (χ0) is 13.6. The van der Waals surface area contributed by atoms with E-state index in [1.54, 1.807) is 6.07 Å². The van der Waals surface area contributed by atoms with Gasteiger partial charge in [0.05, 0.1) is 13.2 Å². The fraction of sp³-hybridized carbons (Fsp3) is 0.600. The van der Waals surface area contributed by atoms with E-state index >= 15 is 0 Å². The lowest BCUT2D eigenvalue weighted by atomic mass is 10.3. The highest BCUT2D eigenvalue weighted by molar-refractivity contribution is 7.91. The molecule has 1 aromatic rings. The lowest BCUT2D eigenvalue weighted by molar-refractivity contribution is 0.217. The van der Waals surface area contributed by atoms with Crippen molar-refractivity contribution in [3.05, 3.63) is 17.0 Å². The summed E-state index contributed by atoms with van der Waals surface area (Å²) in [5.41, 5.74) is 5.41. The van der Waals surface area contributed by atoms with Crippen molar-refractivity contribution in [2.45, 2.75) is 10.6 Å². The van der Waals surface area contributed by atoms with Gasteiger partial charge in [0.1, 0.15) is 4.21 Å². The van der Waals surface area contributed by atoms with E-state index < -0.39 is 10.0 Å². The van der Waals surface area contributed by atoms with Gasteiger partial charge < -0.3 is 15.9 Å². The Bertz CT molecular complexity index is 452. The van der Waals surface area contributed by atoms with Gasteiger partial charge in [0.2, 0.25) is 0 Å². The van der Waals surface area contributed by atoms with Crippen molar-refractivity contribution >= 4 is 21.4 Å². The van der Waals surface area contributed by atoms with E-state index in [4.69, 9.17) is 15.9 Å². The molecule has 1 heterocycles. The van der Waals surface area contributed by atoms with Crippen LogP contribution in [0.15, 0.2) is 16.3 Å². The number of hydrogen-bond donors (Lipinski definition) is 3. The Labute approximate surface area is 111 Å². The molecule has 0 amide bonds. The van der Waals surface area contributed by atoms with E-state index in [2.05, 4.69) is 0 Å². The first kappa shape index (κ1) is 15.5. The van der Waals surface area contributed by atoms with Crippen molar-refractivity contribution in [3.63, 3.8) is 0 Å². The molecule has 1 aromatic heterocycles. The third kappa shape index (κ3) is 3.74. The molecule has 18 heavy (non-hydrogen) atoms. The summed E-state index contributed by atoms with van der Waals surface area (Å²) in [5, 5.41) is 17.7. The predicted molar refractivity (Wildman–Crippen MR) is 70.0 cm³/mol. The summed E-state index contributed by atoms with van der Waals surface area (Å²) in [6.45, 7) is -0.127. The molecule has 0 bridgehead atoms. The fourth-order valence-corrected chi connectivity index (χ4v) is 4.42. The lowest BCUT2D eigenvalue weighted by Crippen LogP contribution is -2.35. The molecule has 104 valence electrons. The van der Waals surface area contributed by atoms with Crippen LogP contribution in [0.4, 0.5) is 0 Å². The monoisotopic (exact) mass is 294 g/mol. The minimum absolute atomic E-state index is 0.0208. The molecule has 8 heteroatoms. The molecule has 0 unspecified atom stereocenters. The van der Waals surface area contributed by atoms with Gasteiger partial charge in [0.15, 0.2) is 0 Å². The molecule has 0 aromatic carbocycles. The number of rotatable bonds is 8. The van der Waals surface area contributed by atoms with Gasteiger partial charge in [-0.25, -0.2) is 8.42 Å². The van der Waals surface area contributed by atoms with Crippen molar-refractivity contribution in [1.82, 2.24) is 4.31 Å². The summed E-state index contributed by atoms with van der Waals surface area (Å²) in [5.74, 6) is 0. The Morgan fingerprint density at radius 3 is 2.33 bits per heavy atom. The molecule has 0 atom stereocenters. The number of aliphatic hydroxyl groups is 2. The highest BCUT2D eigenvalue weighted by Gasteiger charge is 2.25. The second-order valence-electron chi connectivity index (χ2n) is 3.61. The second kappa shape index (κ2) is 7.17. The molecule has 0 aliphatic rings. The van der Waals surface area contributed by atoms with E-state index in [1.807, 2.05) is 0 Å². The average molecular weight is 294 g/mol. The van der Waals surface area contributed by atoms with E-state index in [9.17, 15) is 8.42 Å². The highest BCUT2D eigenvalue weighted by Crippen LogP contribution is 2.24. The Balaban J connectivity index is 2.94. The third-order valence-corrected chi connectivity index (χ3v) is 5.83. The molecule has 0 spiro atoms. The van der Waals surface area contributed by atoms with E-state index in [0.717, 1.165) is 9.18 Å². The first-order chi connectivity index (χ1) is 8.56. The summed E-state index contributed by atoms with van der Waals surface area (Å²) in [6, 6.07) is 3.27. The quantitative estimate of drug-likeness (QED) is 0.584. The van der Waals surface area contributed by atoms with Crippen LogP contribution in [0.5, 0.6) is 0 Å². The largest absolute Gasteiger partial charge is 0.395 e. The van der Waals surface area contributed by atoms with Crippen LogP contribution in [0.3, 0.4) is 0 Å². The number of hydrogen-bond acceptors (Lipinski definition) is 6. The fourth-order valence-electron chi connectivity index (χ4n) is 1.48. The van der Waals surface area contributed by atoms with Gasteiger partial charge in [-0.2, -0.15) is 4.31 Å². The lowest BCUT2D eigenvalue weighted by Gasteiger charge is -2.18. The summed E-state index contributed by atoms with van der Waals surface area (Å²) in [7, 11) is -3.63. The van der Waals surface area contributed by atoms with Crippen molar-refractivity contribution in [3.8, 4) is 0 Å². The molecule has 0 radical (unpaired) electrons. The van der Waals surface area contributed by atoms with E-state index in [0.29, 0.717) is 13.0 Å². The minimum Gasteiger partial charge on any atom is -0.395 e. The van der Waals surface area contributed by atoms with Crippen LogP contribution in [0.2, 0.25) is 0 Å². The number of sulfonamides is 1. The molecule has 4 N–H and O–H groups in total. The maximum Gasteiger partial charge on any atom is 0.252 e. The first-order valence-corrected chi connectivity index (χ1v) is 7.82. The molecule has 0 fully saturated rings. The van der Waals surface area contributed by atoms with Crippen LogP contribution >= 0.6 is 11.3 Å². The van der Waals surface area contributed by atoms with Crippen LogP contribution in [0, 0.1) is 0 Å². The van der Waals surface area contributed by atoms with Crippen LogP contribution < -0.4 is 5.73 Å². The van der Waals surface area contributed by atoms with Gasteiger partial charge in [-0.15, -0.1) is 11.3 Å². The maximum absolute atomic E-state index is 12.2. The zero-order valence-electron chi connectivity index (χ0n) is 9.95. The molecule has 6 nitrogen and oxygen atoms in total. The Hall–Kier alpha value is -0.510. The van der Waals surface area contributed by atoms with Gasteiger partial charge in [-0.05, 0) is 25.1 Å². The summed E-state index contributed by atoms with van der Waals surface area (Å²) < 4.78 is 25.7. The predicted octanol–water partition coefficient (Wildman–Crippen LogP) is -0.775. The molecular formula is C10H18N2O4S2. The third-order valence-electron chi connectivity index (χ3n) is 2.32. The smallest absolute Gasteiger partial charge is 0.252 e. The maximum atomic E-state index is 12.2.